The highest BCUT2D eigenvalue weighted by Gasteiger charge is 2.24. The maximum Gasteiger partial charge on any atom is 0.248 e. The summed E-state index contributed by atoms with van der Waals surface area (Å²) < 4.78 is 0. The van der Waals surface area contributed by atoms with Gasteiger partial charge < -0.3 is 16.0 Å². The zero-order valence-electron chi connectivity index (χ0n) is 13.1. The van der Waals surface area contributed by atoms with Crippen LogP contribution in [0.15, 0.2) is 36.5 Å². The van der Waals surface area contributed by atoms with Crippen LogP contribution in [-0.4, -0.2) is 40.9 Å². The minimum atomic E-state index is -0.568. The Labute approximate surface area is 145 Å². The number of hydrogen-bond donors (Lipinski definition) is 3. The number of anilines is 1. The third-order valence-corrected chi connectivity index (χ3v) is 3.49. The largest absolute Gasteiger partial charge is 0.342 e. The Bertz CT molecular complexity index is 753. The standard InChI is InChI=1S/C16H17N5O2.ClH/c1-10-18-6-5-13(19-10)11-3-2-4-12(7-11)20-16(23)14-8-17-9-15(22)21-14;/h2-7,14,17H,8-9H2,1H3,(H,20,23)(H,21,22);1H. The molecule has 7 nitrogen and oxygen atoms in total. The third kappa shape index (κ3) is 4.27. The van der Waals surface area contributed by atoms with E-state index in [-0.39, 0.29) is 30.8 Å². The average molecular weight is 348 g/mol. The van der Waals surface area contributed by atoms with Gasteiger partial charge in [0.05, 0.1) is 12.2 Å². The molecule has 3 N–H and O–H groups in total. The fraction of sp³-hybridized carbons (Fsp3) is 0.250. The number of aromatic nitrogens is 2. The number of amides is 2. The highest BCUT2D eigenvalue weighted by atomic mass is 35.5. The summed E-state index contributed by atoms with van der Waals surface area (Å²) in [6.07, 6.45) is 1.70. The Morgan fingerprint density at radius 3 is 2.92 bits per heavy atom. The monoisotopic (exact) mass is 347 g/mol. The number of rotatable bonds is 3. The molecule has 0 radical (unpaired) electrons. The highest BCUT2D eigenvalue weighted by molar-refractivity contribution is 5.98. The average Bonchev–Trinajstić information content (AvgIpc) is 2.55. The first-order chi connectivity index (χ1) is 11.1. The minimum absolute atomic E-state index is 0. The van der Waals surface area contributed by atoms with Crippen molar-refractivity contribution in [1.29, 1.82) is 0 Å². The van der Waals surface area contributed by atoms with Gasteiger partial charge in [0.2, 0.25) is 11.8 Å². The smallest absolute Gasteiger partial charge is 0.248 e. The van der Waals surface area contributed by atoms with Crippen molar-refractivity contribution in [2.45, 2.75) is 13.0 Å². The lowest BCUT2D eigenvalue weighted by atomic mass is 10.1. The summed E-state index contributed by atoms with van der Waals surface area (Å²) in [6, 6.07) is 8.66. The van der Waals surface area contributed by atoms with E-state index in [4.69, 9.17) is 0 Å². The summed E-state index contributed by atoms with van der Waals surface area (Å²) >= 11 is 0. The molecule has 1 aromatic carbocycles. The van der Waals surface area contributed by atoms with Crippen LogP contribution in [0, 0.1) is 6.92 Å². The Kier molecular flexibility index (Phi) is 5.83. The van der Waals surface area contributed by atoms with E-state index < -0.39 is 6.04 Å². The number of benzene rings is 1. The molecule has 0 aliphatic carbocycles. The molecule has 1 fully saturated rings. The molecular formula is C16H18ClN5O2. The molecule has 0 spiro atoms. The van der Waals surface area contributed by atoms with E-state index in [0.717, 1.165) is 11.3 Å². The van der Waals surface area contributed by atoms with Crippen LogP contribution >= 0.6 is 12.4 Å². The van der Waals surface area contributed by atoms with Crippen molar-refractivity contribution in [3.63, 3.8) is 0 Å². The van der Waals surface area contributed by atoms with Crippen LogP contribution in [0.25, 0.3) is 11.3 Å². The molecule has 1 aromatic heterocycles. The molecular weight excluding hydrogens is 330 g/mol. The second-order valence-corrected chi connectivity index (χ2v) is 5.31. The zero-order valence-corrected chi connectivity index (χ0v) is 13.9. The van der Waals surface area contributed by atoms with Crippen LogP contribution in [-0.2, 0) is 9.59 Å². The lowest BCUT2D eigenvalue weighted by Gasteiger charge is -2.23. The topological polar surface area (TPSA) is 96.0 Å². The van der Waals surface area contributed by atoms with Crippen LogP contribution in [0.2, 0.25) is 0 Å². The van der Waals surface area contributed by atoms with Crippen LogP contribution < -0.4 is 16.0 Å². The second kappa shape index (κ2) is 7.85. The first-order valence-electron chi connectivity index (χ1n) is 7.33. The quantitative estimate of drug-likeness (QED) is 0.766. The summed E-state index contributed by atoms with van der Waals surface area (Å²) in [7, 11) is 0. The van der Waals surface area contributed by atoms with Gasteiger partial charge in [0.1, 0.15) is 11.9 Å². The molecule has 0 bridgehead atoms. The Morgan fingerprint density at radius 1 is 1.33 bits per heavy atom. The van der Waals surface area contributed by atoms with Crippen molar-refractivity contribution >= 4 is 29.9 Å². The highest BCUT2D eigenvalue weighted by Crippen LogP contribution is 2.20. The van der Waals surface area contributed by atoms with Crippen molar-refractivity contribution in [3.8, 4) is 11.3 Å². The number of carbonyl (C=O) groups excluding carboxylic acids is 2. The number of halogens is 1. The van der Waals surface area contributed by atoms with E-state index >= 15 is 0 Å². The molecule has 0 saturated carbocycles. The maximum absolute atomic E-state index is 12.2. The summed E-state index contributed by atoms with van der Waals surface area (Å²) in [6.45, 7) is 2.49. The van der Waals surface area contributed by atoms with E-state index in [9.17, 15) is 9.59 Å². The summed E-state index contributed by atoms with van der Waals surface area (Å²) in [5.74, 6) is 0.260. The molecule has 1 unspecified atom stereocenters. The van der Waals surface area contributed by atoms with Crippen LogP contribution in [0.5, 0.6) is 0 Å². The van der Waals surface area contributed by atoms with E-state index in [1.54, 1.807) is 12.3 Å². The van der Waals surface area contributed by atoms with Crippen molar-refractivity contribution in [2.75, 3.05) is 18.4 Å². The SMILES string of the molecule is Cc1nccc(-c2cccc(NC(=O)C3CNCC(=O)N3)c2)n1.Cl. The molecule has 2 aromatic rings. The first-order valence-corrected chi connectivity index (χ1v) is 7.33. The molecule has 1 aliphatic heterocycles. The van der Waals surface area contributed by atoms with Crippen molar-refractivity contribution in [1.82, 2.24) is 20.6 Å². The summed E-state index contributed by atoms with van der Waals surface area (Å²) in [4.78, 5) is 32.0. The van der Waals surface area contributed by atoms with E-state index in [2.05, 4.69) is 25.9 Å². The van der Waals surface area contributed by atoms with Gasteiger partial charge in [-0.2, -0.15) is 0 Å². The molecule has 3 rings (SSSR count). The Hall–Kier alpha value is -2.51. The number of nitrogens with zero attached hydrogens (tertiary/aromatic N) is 2. The first kappa shape index (κ1) is 17.8. The molecule has 8 heteroatoms. The van der Waals surface area contributed by atoms with Crippen molar-refractivity contribution < 1.29 is 9.59 Å². The Morgan fingerprint density at radius 2 is 2.17 bits per heavy atom. The normalized spacial score (nSPS) is 16.7. The molecule has 1 aliphatic rings. The number of hydrogen-bond acceptors (Lipinski definition) is 5. The minimum Gasteiger partial charge on any atom is -0.342 e. The predicted molar refractivity (Wildman–Crippen MR) is 92.9 cm³/mol. The summed E-state index contributed by atoms with van der Waals surface area (Å²) in [5, 5.41) is 8.38. The number of piperazine rings is 1. The van der Waals surface area contributed by atoms with Crippen molar-refractivity contribution in [3.05, 3.63) is 42.4 Å². The van der Waals surface area contributed by atoms with Gasteiger partial charge in [-0.1, -0.05) is 12.1 Å². The number of aryl methyl sites for hydroxylation is 1. The van der Waals surface area contributed by atoms with Crippen LogP contribution in [0.1, 0.15) is 5.82 Å². The van der Waals surface area contributed by atoms with Gasteiger partial charge in [0.15, 0.2) is 0 Å². The predicted octanol–water partition coefficient (Wildman–Crippen LogP) is 0.900. The summed E-state index contributed by atoms with van der Waals surface area (Å²) in [5.41, 5.74) is 2.34. The van der Waals surface area contributed by atoms with Gasteiger partial charge in [-0.3, -0.25) is 9.59 Å². The van der Waals surface area contributed by atoms with Gasteiger partial charge in [-0.15, -0.1) is 12.4 Å². The number of nitrogens with one attached hydrogen (secondary N) is 3. The van der Waals surface area contributed by atoms with Gasteiger partial charge in [-0.25, -0.2) is 9.97 Å². The fourth-order valence-electron chi connectivity index (χ4n) is 2.39. The van der Waals surface area contributed by atoms with E-state index in [0.29, 0.717) is 18.1 Å². The van der Waals surface area contributed by atoms with E-state index in [1.165, 1.54) is 0 Å². The van der Waals surface area contributed by atoms with Gasteiger partial charge in [0, 0.05) is 24.0 Å². The van der Waals surface area contributed by atoms with Gasteiger partial charge in [0.25, 0.3) is 0 Å². The van der Waals surface area contributed by atoms with Crippen LogP contribution in [0.4, 0.5) is 5.69 Å². The molecule has 2 amide bonds. The van der Waals surface area contributed by atoms with E-state index in [1.807, 2.05) is 31.2 Å². The lowest BCUT2D eigenvalue weighted by Crippen LogP contribution is -2.57. The third-order valence-electron chi connectivity index (χ3n) is 3.49. The van der Waals surface area contributed by atoms with Crippen molar-refractivity contribution in [2.24, 2.45) is 0 Å². The molecule has 1 saturated heterocycles. The molecule has 1 atom stereocenters. The molecule has 126 valence electrons. The molecule has 2 heterocycles. The fourth-order valence-corrected chi connectivity index (χ4v) is 2.39. The zero-order chi connectivity index (χ0) is 16.2. The van der Waals surface area contributed by atoms with Crippen LogP contribution in [0.3, 0.4) is 0 Å². The molecule has 24 heavy (non-hydrogen) atoms. The van der Waals surface area contributed by atoms with Gasteiger partial charge in [-0.05, 0) is 25.1 Å². The second-order valence-electron chi connectivity index (χ2n) is 5.31. The lowest BCUT2D eigenvalue weighted by molar-refractivity contribution is -0.127. The number of carbonyl (C=O) groups is 2. The van der Waals surface area contributed by atoms with Gasteiger partial charge >= 0.3 is 0 Å². The Balaban J connectivity index is 0.00000208. The maximum atomic E-state index is 12.2.